The highest BCUT2D eigenvalue weighted by Crippen LogP contribution is 2.56. The SMILES string of the molecule is c1cc2c3c(cccc3c1)-c1cc3c(cc1-2)c(-c1ccc2ccnnc2c1)cc1c2cc4c(c(-c5ccc6cnncc6c5)c2ccc31)-c1cccc2cccc-4c12. The van der Waals surface area contributed by atoms with E-state index in [2.05, 4.69) is 166 Å². The fraction of sp³-hybridized carbons (Fsp3) is 0. The molecule has 0 fully saturated rings. The van der Waals surface area contributed by atoms with Crippen LogP contribution in [0.2, 0.25) is 0 Å². The van der Waals surface area contributed by atoms with Crippen LogP contribution >= 0.6 is 0 Å². The van der Waals surface area contributed by atoms with Gasteiger partial charge in [-0.05, 0) is 163 Å². The molecule has 14 rings (SSSR count). The van der Waals surface area contributed by atoms with E-state index in [0.29, 0.717) is 0 Å². The van der Waals surface area contributed by atoms with Crippen molar-refractivity contribution in [3.05, 3.63) is 170 Å². The highest BCUT2D eigenvalue weighted by atomic mass is 15.1. The fourth-order valence-corrected chi connectivity index (χ4v) is 10.5. The summed E-state index contributed by atoms with van der Waals surface area (Å²) in [4.78, 5) is 0. The van der Waals surface area contributed by atoms with E-state index in [4.69, 9.17) is 0 Å². The van der Waals surface area contributed by atoms with Gasteiger partial charge in [-0.3, -0.25) is 0 Å². The van der Waals surface area contributed by atoms with Crippen LogP contribution in [-0.2, 0) is 0 Å². The molecular formula is C54H28N4. The van der Waals surface area contributed by atoms with Gasteiger partial charge in [-0.15, -0.1) is 0 Å². The van der Waals surface area contributed by atoms with Gasteiger partial charge in [0.2, 0.25) is 0 Å². The number of rotatable bonds is 2. The third-order valence-electron chi connectivity index (χ3n) is 13.0. The van der Waals surface area contributed by atoms with Crippen LogP contribution in [0.25, 0.3) is 142 Å². The third kappa shape index (κ3) is 3.93. The lowest BCUT2D eigenvalue weighted by molar-refractivity contribution is 1.05. The second-order valence-corrected chi connectivity index (χ2v) is 15.9. The van der Waals surface area contributed by atoms with E-state index < -0.39 is 0 Å². The molecule has 0 unspecified atom stereocenters. The standard InChI is InChI=1S/C54H28N4/c1-5-30-6-2-10-38-46-25-48-42(32-14-13-29-19-20-55-58-50(29)22-32)23-43-36(44(48)24-45(46)37(9-1)51(30)38)17-18-40-47(43)26-49-39-11-3-7-31-8-4-12-41(52(31)39)54(49)53(40)33-15-16-34-27-56-57-28-35(34)21-33/h1-28H. The van der Waals surface area contributed by atoms with Gasteiger partial charge < -0.3 is 0 Å². The van der Waals surface area contributed by atoms with Crippen LogP contribution in [0.5, 0.6) is 0 Å². The zero-order chi connectivity index (χ0) is 37.6. The molecule has 0 saturated carbocycles. The van der Waals surface area contributed by atoms with Gasteiger partial charge in [0, 0.05) is 16.2 Å². The summed E-state index contributed by atoms with van der Waals surface area (Å²) in [6.07, 6.45) is 5.48. The van der Waals surface area contributed by atoms with Crippen LogP contribution in [-0.4, -0.2) is 20.4 Å². The number of hydrogen-bond donors (Lipinski definition) is 0. The minimum atomic E-state index is 0.886. The Kier molecular flexibility index (Phi) is 5.73. The minimum Gasteiger partial charge on any atom is -0.159 e. The zero-order valence-electron chi connectivity index (χ0n) is 31.0. The fourth-order valence-electron chi connectivity index (χ4n) is 10.5. The number of benzene rings is 10. The molecular weight excluding hydrogens is 705 g/mol. The molecule has 2 heterocycles. The summed E-state index contributed by atoms with van der Waals surface area (Å²) in [5.41, 5.74) is 15.9. The molecule has 0 saturated heterocycles. The van der Waals surface area contributed by atoms with Gasteiger partial charge in [-0.25, -0.2) is 0 Å². The average molecular weight is 733 g/mol. The van der Waals surface area contributed by atoms with E-state index >= 15 is 0 Å². The van der Waals surface area contributed by atoms with Gasteiger partial charge in [0.1, 0.15) is 0 Å². The molecule has 2 aliphatic carbocycles. The summed E-state index contributed by atoms with van der Waals surface area (Å²) in [5.74, 6) is 0. The lowest BCUT2D eigenvalue weighted by Crippen LogP contribution is -1.93. The number of hydrogen-bond acceptors (Lipinski definition) is 4. The minimum absolute atomic E-state index is 0.886. The van der Waals surface area contributed by atoms with E-state index in [0.717, 1.165) is 27.2 Å². The molecule has 4 nitrogen and oxygen atoms in total. The Morgan fingerprint density at radius 2 is 0.879 bits per heavy atom. The Hall–Kier alpha value is -7.82. The van der Waals surface area contributed by atoms with Crippen molar-refractivity contribution in [3.8, 4) is 66.8 Å². The Morgan fingerprint density at radius 1 is 0.293 bits per heavy atom. The third-order valence-corrected chi connectivity index (χ3v) is 13.0. The van der Waals surface area contributed by atoms with Crippen molar-refractivity contribution < 1.29 is 0 Å². The molecule has 58 heavy (non-hydrogen) atoms. The van der Waals surface area contributed by atoms with E-state index in [9.17, 15) is 0 Å². The van der Waals surface area contributed by atoms with Crippen molar-refractivity contribution in [3.63, 3.8) is 0 Å². The second kappa shape index (κ2) is 10.9. The van der Waals surface area contributed by atoms with Gasteiger partial charge >= 0.3 is 0 Å². The lowest BCUT2D eigenvalue weighted by Gasteiger charge is -2.19. The molecule has 10 aromatic carbocycles. The topological polar surface area (TPSA) is 51.6 Å². The summed E-state index contributed by atoms with van der Waals surface area (Å²) >= 11 is 0. The predicted octanol–water partition coefficient (Wildman–Crippen LogP) is 14.0. The van der Waals surface area contributed by atoms with E-state index in [1.807, 2.05) is 18.5 Å². The van der Waals surface area contributed by atoms with Crippen LogP contribution in [0, 0.1) is 0 Å². The molecule has 4 heteroatoms. The highest BCUT2D eigenvalue weighted by molar-refractivity contribution is 6.30. The van der Waals surface area contributed by atoms with Gasteiger partial charge in [-0.1, -0.05) is 109 Å². The van der Waals surface area contributed by atoms with Gasteiger partial charge in [0.15, 0.2) is 0 Å². The van der Waals surface area contributed by atoms with Crippen molar-refractivity contribution in [2.45, 2.75) is 0 Å². The second-order valence-electron chi connectivity index (χ2n) is 15.9. The van der Waals surface area contributed by atoms with Crippen LogP contribution in [0.4, 0.5) is 0 Å². The molecule has 0 N–H and O–H groups in total. The first kappa shape index (κ1) is 30.4. The first-order valence-corrected chi connectivity index (χ1v) is 19.8. The first-order valence-electron chi connectivity index (χ1n) is 19.8. The number of nitrogens with zero attached hydrogens (tertiary/aromatic N) is 4. The molecule has 12 aromatic rings. The Bertz CT molecular complexity index is 3850. The van der Waals surface area contributed by atoms with Crippen molar-refractivity contribution in [1.29, 1.82) is 0 Å². The smallest absolute Gasteiger partial charge is 0.0935 e. The van der Waals surface area contributed by atoms with Crippen LogP contribution in [0.3, 0.4) is 0 Å². The van der Waals surface area contributed by atoms with Crippen LogP contribution in [0.1, 0.15) is 0 Å². The molecule has 0 aliphatic heterocycles. The molecule has 2 aromatic heterocycles. The normalized spacial score (nSPS) is 12.5. The van der Waals surface area contributed by atoms with E-state index in [1.165, 1.54) is 115 Å². The predicted molar refractivity (Wildman–Crippen MR) is 240 cm³/mol. The molecule has 0 amide bonds. The average Bonchev–Trinajstić information content (AvgIpc) is 3.78. The number of aromatic nitrogens is 4. The largest absolute Gasteiger partial charge is 0.159 e. The monoisotopic (exact) mass is 732 g/mol. The highest BCUT2D eigenvalue weighted by Gasteiger charge is 2.28. The van der Waals surface area contributed by atoms with E-state index in [1.54, 1.807) is 6.20 Å². The molecule has 0 radical (unpaired) electrons. The van der Waals surface area contributed by atoms with Crippen LogP contribution in [0.15, 0.2) is 170 Å². The summed E-state index contributed by atoms with van der Waals surface area (Å²) in [6, 6.07) is 56.8. The zero-order valence-corrected chi connectivity index (χ0v) is 31.0. The van der Waals surface area contributed by atoms with Crippen LogP contribution < -0.4 is 0 Å². The summed E-state index contributed by atoms with van der Waals surface area (Å²) < 4.78 is 0. The maximum Gasteiger partial charge on any atom is 0.0935 e. The van der Waals surface area contributed by atoms with Gasteiger partial charge in [0.25, 0.3) is 0 Å². The maximum atomic E-state index is 4.56. The molecule has 0 bridgehead atoms. The Morgan fingerprint density at radius 3 is 1.67 bits per heavy atom. The summed E-state index contributed by atoms with van der Waals surface area (Å²) in [6.45, 7) is 0. The molecule has 264 valence electrons. The summed E-state index contributed by atoms with van der Waals surface area (Å²) in [7, 11) is 0. The van der Waals surface area contributed by atoms with Crippen molar-refractivity contribution in [2.75, 3.05) is 0 Å². The van der Waals surface area contributed by atoms with Crippen molar-refractivity contribution in [1.82, 2.24) is 20.4 Å². The number of fused-ring (bicyclic) bond motifs is 13. The van der Waals surface area contributed by atoms with Crippen molar-refractivity contribution >= 4 is 75.5 Å². The molecule has 2 aliphatic rings. The first-order chi connectivity index (χ1) is 28.7. The Labute approximate surface area is 331 Å². The van der Waals surface area contributed by atoms with Gasteiger partial charge in [0.05, 0.1) is 24.1 Å². The lowest BCUT2D eigenvalue weighted by atomic mass is 9.84. The molecule has 0 spiro atoms. The quantitative estimate of drug-likeness (QED) is 0.166. The molecule has 0 atom stereocenters. The summed E-state index contributed by atoms with van der Waals surface area (Å²) in [5, 5.41) is 33.1. The Balaban J connectivity index is 1.16. The maximum absolute atomic E-state index is 4.56. The van der Waals surface area contributed by atoms with Crippen molar-refractivity contribution in [2.24, 2.45) is 0 Å². The van der Waals surface area contributed by atoms with Gasteiger partial charge in [-0.2, -0.15) is 20.4 Å². The van der Waals surface area contributed by atoms with E-state index in [-0.39, 0.29) is 0 Å².